The van der Waals surface area contributed by atoms with Gasteiger partial charge in [0.05, 0.1) is 0 Å². The van der Waals surface area contributed by atoms with Crippen LogP contribution in [0.1, 0.15) is 16.7 Å². The van der Waals surface area contributed by atoms with Crippen molar-refractivity contribution in [2.75, 3.05) is 5.32 Å². The van der Waals surface area contributed by atoms with Gasteiger partial charge in [0.1, 0.15) is 12.1 Å². The van der Waals surface area contributed by atoms with Gasteiger partial charge < -0.3 is 11.1 Å². The van der Waals surface area contributed by atoms with Crippen molar-refractivity contribution in [2.24, 2.45) is 5.73 Å². The Morgan fingerprint density at radius 3 is 2.90 bits per heavy atom. The zero-order valence-electron chi connectivity index (χ0n) is 11.4. The number of benzene rings is 1. The van der Waals surface area contributed by atoms with E-state index >= 15 is 0 Å². The molecule has 0 fully saturated rings. The standard InChI is InChI=1S/C15H17N5/c1-11-5-14(20-15(6-11)18-10-19-20)17-9-13-4-2-3-12(7-13)8-16/h2-7,10,17H,8-9,16H2,1H3. The average molecular weight is 267 g/mol. The summed E-state index contributed by atoms with van der Waals surface area (Å²) in [5, 5.41) is 7.63. The van der Waals surface area contributed by atoms with Gasteiger partial charge in [0.15, 0.2) is 5.65 Å². The van der Waals surface area contributed by atoms with Crippen LogP contribution in [0, 0.1) is 6.92 Å². The molecule has 20 heavy (non-hydrogen) atoms. The first-order valence-electron chi connectivity index (χ1n) is 6.58. The molecule has 0 saturated carbocycles. The Bertz CT molecular complexity index is 732. The van der Waals surface area contributed by atoms with Crippen LogP contribution in [-0.2, 0) is 13.1 Å². The third-order valence-corrected chi connectivity index (χ3v) is 3.22. The molecule has 0 saturated heterocycles. The summed E-state index contributed by atoms with van der Waals surface area (Å²) in [6.45, 7) is 3.34. The molecule has 0 amide bonds. The first kappa shape index (κ1) is 12.6. The van der Waals surface area contributed by atoms with Gasteiger partial charge in [0, 0.05) is 13.1 Å². The molecule has 2 heterocycles. The van der Waals surface area contributed by atoms with Gasteiger partial charge in [-0.05, 0) is 35.7 Å². The van der Waals surface area contributed by atoms with E-state index in [9.17, 15) is 0 Å². The molecule has 3 rings (SSSR count). The third-order valence-electron chi connectivity index (χ3n) is 3.22. The second-order valence-corrected chi connectivity index (χ2v) is 4.83. The lowest BCUT2D eigenvalue weighted by Crippen LogP contribution is -2.06. The number of aromatic nitrogens is 3. The van der Waals surface area contributed by atoms with Crippen LogP contribution in [-0.4, -0.2) is 14.6 Å². The zero-order chi connectivity index (χ0) is 13.9. The minimum atomic E-state index is 0.561. The fraction of sp³-hybridized carbons (Fsp3) is 0.200. The molecule has 0 spiro atoms. The summed E-state index contributed by atoms with van der Waals surface area (Å²) in [6, 6.07) is 12.3. The number of nitrogens with two attached hydrogens (primary N) is 1. The van der Waals surface area contributed by atoms with Crippen LogP contribution in [0.15, 0.2) is 42.7 Å². The second-order valence-electron chi connectivity index (χ2n) is 4.83. The Morgan fingerprint density at radius 1 is 1.20 bits per heavy atom. The SMILES string of the molecule is Cc1cc(NCc2cccc(CN)c2)n2ncnc2c1. The number of nitrogens with zero attached hydrogens (tertiary/aromatic N) is 3. The Kier molecular flexibility index (Phi) is 3.35. The van der Waals surface area contributed by atoms with Crippen molar-refractivity contribution >= 4 is 11.5 Å². The molecule has 0 unspecified atom stereocenters. The smallest absolute Gasteiger partial charge is 0.157 e. The molecular formula is C15H17N5. The zero-order valence-corrected chi connectivity index (χ0v) is 11.4. The van der Waals surface area contributed by atoms with Crippen LogP contribution >= 0.6 is 0 Å². The Labute approximate surface area is 117 Å². The summed E-state index contributed by atoms with van der Waals surface area (Å²) in [5.41, 5.74) is 10.0. The fourth-order valence-corrected chi connectivity index (χ4v) is 2.24. The van der Waals surface area contributed by atoms with Crippen molar-refractivity contribution in [3.8, 4) is 0 Å². The molecule has 0 aliphatic rings. The second kappa shape index (κ2) is 5.30. The van der Waals surface area contributed by atoms with E-state index in [4.69, 9.17) is 5.73 Å². The molecule has 0 bridgehead atoms. The summed E-state index contributed by atoms with van der Waals surface area (Å²) in [7, 11) is 0. The molecule has 2 aromatic heterocycles. The minimum Gasteiger partial charge on any atom is -0.366 e. The number of aryl methyl sites for hydroxylation is 1. The predicted molar refractivity (Wildman–Crippen MR) is 79.4 cm³/mol. The number of hydrogen-bond acceptors (Lipinski definition) is 4. The highest BCUT2D eigenvalue weighted by Gasteiger charge is 2.04. The summed E-state index contributed by atoms with van der Waals surface area (Å²) in [6.07, 6.45) is 1.56. The summed E-state index contributed by atoms with van der Waals surface area (Å²) in [5.74, 6) is 0.940. The van der Waals surface area contributed by atoms with E-state index in [-0.39, 0.29) is 0 Å². The highest BCUT2D eigenvalue weighted by molar-refractivity contribution is 5.51. The number of pyridine rings is 1. The van der Waals surface area contributed by atoms with Gasteiger partial charge in [-0.15, -0.1) is 0 Å². The molecular weight excluding hydrogens is 250 g/mol. The maximum atomic E-state index is 5.66. The molecule has 0 atom stereocenters. The first-order valence-corrected chi connectivity index (χ1v) is 6.58. The van der Waals surface area contributed by atoms with Gasteiger partial charge in [0.25, 0.3) is 0 Å². The quantitative estimate of drug-likeness (QED) is 0.759. The van der Waals surface area contributed by atoms with Crippen molar-refractivity contribution in [2.45, 2.75) is 20.0 Å². The van der Waals surface area contributed by atoms with Crippen LogP contribution in [0.25, 0.3) is 5.65 Å². The number of nitrogens with one attached hydrogen (secondary N) is 1. The monoisotopic (exact) mass is 267 g/mol. The molecule has 1 aromatic carbocycles. The van der Waals surface area contributed by atoms with Gasteiger partial charge in [0.2, 0.25) is 0 Å². The first-order chi connectivity index (χ1) is 9.76. The molecule has 102 valence electrons. The van der Waals surface area contributed by atoms with Gasteiger partial charge in [-0.3, -0.25) is 0 Å². The molecule has 3 aromatic rings. The van der Waals surface area contributed by atoms with Gasteiger partial charge in [-0.25, -0.2) is 4.98 Å². The molecule has 0 radical (unpaired) electrons. The van der Waals surface area contributed by atoms with Gasteiger partial charge in [-0.2, -0.15) is 9.61 Å². The Hall–Kier alpha value is -2.40. The van der Waals surface area contributed by atoms with E-state index in [2.05, 4.69) is 40.5 Å². The van der Waals surface area contributed by atoms with Crippen molar-refractivity contribution < 1.29 is 0 Å². The fourth-order valence-electron chi connectivity index (χ4n) is 2.24. The van der Waals surface area contributed by atoms with Crippen molar-refractivity contribution in [3.05, 3.63) is 59.4 Å². The number of anilines is 1. The maximum absolute atomic E-state index is 5.66. The molecule has 5 nitrogen and oxygen atoms in total. The van der Waals surface area contributed by atoms with Crippen LogP contribution in [0.4, 0.5) is 5.82 Å². The normalized spacial score (nSPS) is 10.9. The predicted octanol–water partition coefficient (Wildman–Crippen LogP) is 2.11. The van der Waals surface area contributed by atoms with Crippen molar-refractivity contribution in [1.82, 2.24) is 14.6 Å². The molecule has 5 heteroatoms. The summed E-state index contributed by atoms with van der Waals surface area (Å²) < 4.78 is 1.81. The van der Waals surface area contributed by atoms with E-state index < -0.39 is 0 Å². The Balaban J connectivity index is 1.84. The van der Waals surface area contributed by atoms with Crippen LogP contribution in [0.2, 0.25) is 0 Å². The highest BCUT2D eigenvalue weighted by Crippen LogP contribution is 2.14. The molecule has 3 N–H and O–H groups in total. The van der Waals surface area contributed by atoms with Crippen LogP contribution in [0.5, 0.6) is 0 Å². The minimum absolute atomic E-state index is 0.561. The van der Waals surface area contributed by atoms with Crippen LogP contribution in [0.3, 0.4) is 0 Å². The molecule has 0 aliphatic carbocycles. The van der Waals surface area contributed by atoms with Gasteiger partial charge >= 0.3 is 0 Å². The van der Waals surface area contributed by atoms with Crippen molar-refractivity contribution in [3.63, 3.8) is 0 Å². The van der Waals surface area contributed by atoms with Gasteiger partial charge in [-0.1, -0.05) is 24.3 Å². The lowest BCUT2D eigenvalue weighted by Gasteiger charge is -2.10. The largest absolute Gasteiger partial charge is 0.366 e. The number of rotatable bonds is 4. The summed E-state index contributed by atoms with van der Waals surface area (Å²) >= 11 is 0. The Morgan fingerprint density at radius 2 is 2.05 bits per heavy atom. The van der Waals surface area contributed by atoms with E-state index in [0.717, 1.165) is 29.1 Å². The summed E-state index contributed by atoms with van der Waals surface area (Å²) in [4.78, 5) is 4.22. The van der Waals surface area contributed by atoms with E-state index in [1.807, 2.05) is 18.2 Å². The van der Waals surface area contributed by atoms with E-state index in [1.54, 1.807) is 10.8 Å². The number of hydrogen-bond donors (Lipinski definition) is 2. The third kappa shape index (κ3) is 2.48. The van der Waals surface area contributed by atoms with E-state index in [0.29, 0.717) is 6.54 Å². The number of fused-ring (bicyclic) bond motifs is 1. The van der Waals surface area contributed by atoms with Crippen molar-refractivity contribution in [1.29, 1.82) is 0 Å². The topological polar surface area (TPSA) is 68.2 Å². The highest BCUT2D eigenvalue weighted by atomic mass is 15.3. The van der Waals surface area contributed by atoms with E-state index in [1.165, 1.54) is 5.56 Å². The molecule has 0 aliphatic heterocycles. The average Bonchev–Trinajstić information content (AvgIpc) is 2.93. The lowest BCUT2D eigenvalue weighted by atomic mass is 10.1. The maximum Gasteiger partial charge on any atom is 0.157 e. The lowest BCUT2D eigenvalue weighted by molar-refractivity contribution is 0.939. The van der Waals surface area contributed by atoms with Crippen LogP contribution < -0.4 is 11.1 Å².